The molecule has 0 amide bonds. The molecule has 4 aromatic rings. The fourth-order valence-electron chi connectivity index (χ4n) is 2.04. The van der Waals surface area contributed by atoms with Crippen molar-refractivity contribution in [3.8, 4) is 0 Å². The standard InChI is InChI=1S/C7H8N3P.C6H5BrN3P.2CH4/c1-5-6-2-3-10(11)7(6)9-4-8-5;7-5-4-1-2-10(11)6(4)9-3-8-5;;/h2-4H,11H2,1H3;1-3H,11H2;2*1H4. The quantitative estimate of drug-likeness (QED) is 0.307. The molecule has 24 heavy (non-hydrogen) atoms. The van der Waals surface area contributed by atoms with Crippen LogP contribution in [0.2, 0.25) is 0 Å². The molecule has 0 aromatic carbocycles. The van der Waals surface area contributed by atoms with Crippen LogP contribution >= 0.6 is 34.7 Å². The number of hydrogen-bond acceptors (Lipinski definition) is 4. The van der Waals surface area contributed by atoms with Crippen molar-refractivity contribution >= 4 is 56.8 Å². The van der Waals surface area contributed by atoms with Crippen molar-refractivity contribution < 1.29 is 0 Å². The summed E-state index contributed by atoms with van der Waals surface area (Å²) in [4.78, 5) is 16.3. The van der Waals surface area contributed by atoms with E-state index in [-0.39, 0.29) is 14.9 Å². The summed E-state index contributed by atoms with van der Waals surface area (Å²) in [6.07, 6.45) is 7.00. The summed E-state index contributed by atoms with van der Waals surface area (Å²) >= 11 is 3.34. The van der Waals surface area contributed by atoms with Gasteiger partial charge in [0.1, 0.15) is 28.6 Å². The first-order chi connectivity index (χ1) is 10.6. The average molecular weight is 427 g/mol. The maximum Gasteiger partial charge on any atom is 0.147 e. The highest BCUT2D eigenvalue weighted by atomic mass is 79.9. The Labute approximate surface area is 154 Å². The number of nitrogens with zero attached hydrogens (tertiary/aromatic N) is 6. The molecule has 0 N–H and O–H groups in total. The van der Waals surface area contributed by atoms with Gasteiger partial charge in [-0.3, -0.25) is 0 Å². The molecule has 0 aliphatic rings. The fraction of sp³-hybridized carbons (Fsp3) is 0.200. The molecule has 0 saturated heterocycles. The summed E-state index contributed by atoms with van der Waals surface area (Å²) in [6.45, 7) is 1.98. The first-order valence-corrected chi connectivity index (χ1v) is 8.17. The van der Waals surface area contributed by atoms with E-state index in [2.05, 4.69) is 54.6 Å². The zero-order valence-corrected chi connectivity index (χ0v) is 15.6. The molecule has 128 valence electrons. The highest BCUT2D eigenvalue weighted by Gasteiger charge is 2.02. The zero-order chi connectivity index (χ0) is 15.7. The van der Waals surface area contributed by atoms with Gasteiger partial charge in [-0.15, -0.1) is 0 Å². The number of halogens is 1. The van der Waals surface area contributed by atoms with Crippen molar-refractivity contribution in [3.05, 3.63) is 47.5 Å². The van der Waals surface area contributed by atoms with Gasteiger partial charge in [0, 0.05) is 17.8 Å². The van der Waals surface area contributed by atoms with Crippen molar-refractivity contribution in [2.24, 2.45) is 0 Å². The Morgan fingerprint density at radius 2 is 1.33 bits per heavy atom. The predicted octanol–water partition coefficient (Wildman–Crippen LogP) is 4.48. The van der Waals surface area contributed by atoms with Crippen LogP contribution in [0.3, 0.4) is 0 Å². The molecule has 0 bridgehead atoms. The Hall–Kier alpha value is -1.42. The molecule has 0 saturated carbocycles. The van der Waals surface area contributed by atoms with Gasteiger partial charge in [-0.2, -0.15) is 0 Å². The third kappa shape index (κ3) is 3.97. The van der Waals surface area contributed by atoms with Crippen LogP contribution in [0.15, 0.2) is 41.8 Å². The lowest BCUT2D eigenvalue weighted by Gasteiger charge is -1.94. The summed E-state index contributed by atoms with van der Waals surface area (Å²) in [5.41, 5.74) is 2.90. The second-order valence-electron chi connectivity index (χ2n) is 4.54. The molecule has 6 nitrogen and oxygen atoms in total. The number of rotatable bonds is 0. The molecule has 4 heterocycles. The lowest BCUT2D eigenvalue weighted by molar-refractivity contribution is 1.13. The van der Waals surface area contributed by atoms with Crippen LogP contribution in [-0.4, -0.2) is 28.6 Å². The zero-order valence-electron chi connectivity index (χ0n) is 11.7. The number of aryl methyl sites for hydroxylation is 1. The first kappa shape index (κ1) is 20.6. The van der Waals surface area contributed by atoms with Crippen molar-refractivity contribution in [2.75, 3.05) is 0 Å². The first-order valence-electron chi connectivity index (χ1n) is 6.34. The van der Waals surface area contributed by atoms with Gasteiger partial charge in [0.25, 0.3) is 0 Å². The minimum absolute atomic E-state index is 0. The van der Waals surface area contributed by atoms with Gasteiger partial charge in [0.05, 0.1) is 11.1 Å². The SMILES string of the molecule is C.C.Cc1ncnc2c1ccn2P.Pn1ccc2c(Br)ncnc21. The lowest BCUT2D eigenvalue weighted by Crippen LogP contribution is -1.86. The Bertz CT molecular complexity index is 872. The van der Waals surface area contributed by atoms with Crippen LogP contribution in [0.25, 0.3) is 22.1 Å². The van der Waals surface area contributed by atoms with E-state index in [1.54, 1.807) is 6.33 Å². The van der Waals surface area contributed by atoms with Crippen molar-refractivity contribution in [1.82, 2.24) is 28.6 Å². The van der Waals surface area contributed by atoms with E-state index < -0.39 is 0 Å². The molecule has 0 aliphatic heterocycles. The minimum atomic E-state index is 0. The predicted molar refractivity (Wildman–Crippen MR) is 111 cm³/mol. The topological polar surface area (TPSA) is 61.4 Å². The summed E-state index contributed by atoms with van der Waals surface area (Å²) in [6, 6.07) is 3.98. The normalized spacial score (nSPS) is 9.83. The summed E-state index contributed by atoms with van der Waals surface area (Å²) in [7, 11) is 5.14. The number of aromatic nitrogens is 6. The second-order valence-corrected chi connectivity index (χ2v) is 6.41. The highest BCUT2D eigenvalue weighted by molar-refractivity contribution is 9.10. The number of hydrogen-bond donors (Lipinski definition) is 0. The van der Waals surface area contributed by atoms with E-state index in [0.29, 0.717) is 0 Å². The van der Waals surface area contributed by atoms with Crippen LogP contribution in [0.5, 0.6) is 0 Å². The molecule has 0 spiro atoms. The Morgan fingerprint density at radius 1 is 0.833 bits per heavy atom. The summed E-state index contributed by atoms with van der Waals surface area (Å²) in [5, 5.41) is 2.14. The van der Waals surface area contributed by atoms with Crippen LogP contribution in [0.4, 0.5) is 0 Å². The Balaban J connectivity index is 0.000000222. The molecular weight excluding hydrogens is 406 g/mol. The Morgan fingerprint density at radius 3 is 1.88 bits per heavy atom. The molecular formula is C15H21BrN6P2. The average Bonchev–Trinajstić information content (AvgIpc) is 3.07. The van der Waals surface area contributed by atoms with E-state index in [9.17, 15) is 0 Å². The molecule has 0 aliphatic carbocycles. The van der Waals surface area contributed by atoms with E-state index in [1.165, 1.54) is 6.33 Å². The van der Waals surface area contributed by atoms with Gasteiger partial charge in [0.2, 0.25) is 0 Å². The maximum atomic E-state index is 4.13. The van der Waals surface area contributed by atoms with Gasteiger partial charge in [-0.25, -0.2) is 19.9 Å². The lowest BCUT2D eigenvalue weighted by atomic mass is 10.3. The van der Waals surface area contributed by atoms with Crippen molar-refractivity contribution in [2.45, 2.75) is 21.8 Å². The van der Waals surface area contributed by atoms with Gasteiger partial charge in [0.15, 0.2) is 0 Å². The monoisotopic (exact) mass is 426 g/mol. The molecule has 4 rings (SSSR count). The Kier molecular flexibility index (Phi) is 7.40. The molecule has 2 atom stereocenters. The van der Waals surface area contributed by atoms with Gasteiger partial charge < -0.3 is 8.68 Å². The fourth-order valence-corrected chi connectivity index (χ4v) is 3.02. The summed E-state index contributed by atoms with van der Waals surface area (Å²) < 4.78 is 4.62. The minimum Gasteiger partial charge on any atom is -0.317 e. The largest absolute Gasteiger partial charge is 0.317 e. The smallest absolute Gasteiger partial charge is 0.147 e. The van der Waals surface area contributed by atoms with Crippen LogP contribution in [-0.2, 0) is 0 Å². The van der Waals surface area contributed by atoms with Gasteiger partial charge in [-0.1, -0.05) is 14.9 Å². The van der Waals surface area contributed by atoms with E-state index in [0.717, 1.165) is 32.4 Å². The molecule has 2 unspecified atom stereocenters. The molecule has 0 radical (unpaired) electrons. The molecule has 4 aromatic heterocycles. The van der Waals surface area contributed by atoms with Crippen LogP contribution < -0.4 is 0 Å². The number of fused-ring (bicyclic) bond motifs is 2. The van der Waals surface area contributed by atoms with E-state index in [1.807, 2.05) is 40.1 Å². The highest BCUT2D eigenvalue weighted by Crippen LogP contribution is 2.21. The van der Waals surface area contributed by atoms with Crippen molar-refractivity contribution in [1.29, 1.82) is 0 Å². The van der Waals surface area contributed by atoms with Crippen molar-refractivity contribution in [3.63, 3.8) is 0 Å². The van der Waals surface area contributed by atoms with E-state index in [4.69, 9.17) is 0 Å². The second kappa shape index (κ2) is 8.61. The maximum absolute atomic E-state index is 4.13. The van der Waals surface area contributed by atoms with Gasteiger partial charge in [-0.05, 0) is 53.8 Å². The molecule has 9 heteroatoms. The third-order valence-electron chi connectivity index (χ3n) is 3.17. The third-order valence-corrected chi connectivity index (χ3v) is 4.63. The van der Waals surface area contributed by atoms with E-state index >= 15 is 0 Å². The molecule has 0 fully saturated rings. The van der Waals surface area contributed by atoms with Crippen LogP contribution in [0, 0.1) is 6.92 Å². The summed E-state index contributed by atoms with van der Waals surface area (Å²) in [5.74, 6) is 0. The van der Waals surface area contributed by atoms with Crippen LogP contribution in [0.1, 0.15) is 20.5 Å². The van der Waals surface area contributed by atoms with Gasteiger partial charge >= 0.3 is 0 Å².